The lowest BCUT2D eigenvalue weighted by molar-refractivity contribution is -0.0542. The van der Waals surface area contributed by atoms with Gasteiger partial charge in [-0.15, -0.1) is 0 Å². The Morgan fingerprint density at radius 3 is 2.59 bits per heavy atom. The Kier molecular flexibility index (Phi) is 4.71. The summed E-state index contributed by atoms with van der Waals surface area (Å²) < 4.78 is 2.43. The Morgan fingerprint density at radius 2 is 2.12 bits per heavy atom. The summed E-state index contributed by atoms with van der Waals surface area (Å²) in [6.07, 6.45) is 0.668. The highest BCUT2D eigenvalue weighted by molar-refractivity contribution is 9.10. The van der Waals surface area contributed by atoms with E-state index < -0.39 is 11.7 Å². The first-order valence-electron chi connectivity index (χ1n) is 5.50. The van der Waals surface area contributed by atoms with Crippen LogP contribution >= 0.6 is 15.9 Å². The monoisotopic (exact) mass is 305 g/mol. The van der Waals surface area contributed by atoms with Gasteiger partial charge in [0.25, 0.3) is 0 Å². The van der Waals surface area contributed by atoms with E-state index in [1.54, 1.807) is 24.7 Å². The molecule has 0 saturated heterocycles. The molecule has 2 N–H and O–H groups in total. The molecule has 1 heterocycles. The quantitative estimate of drug-likeness (QED) is 0.852. The molecule has 17 heavy (non-hydrogen) atoms. The van der Waals surface area contributed by atoms with Crippen LogP contribution in [0.15, 0.2) is 10.7 Å². The molecule has 1 aromatic heterocycles. The van der Waals surface area contributed by atoms with Crippen molar-refractivity contribution in [1.29, 1.82) is 0 Å². The van der Waals surface area contributed by atoms with Crippen molar-refractivity contribution in [3.63, 3.8) is 0 Å². The number of aliphatic hydroxyl groups is 2. The molecule has 6 heteroatoms. The minimum atomic E-state index is -1.20. The summed E-state index contributed by atoms with van der Waals surface area (Å²) in [6.45, 7) is 4.64. The van der Waals surface area contributed by atoms with E-state index in [1.165, 1.54) is 0 Å². The summed E-state index contributed by atoms with van der Waals surface area (Å²) in [5.41, 5.74) is -0.586. The minimum Gasteiger partial charge on any atom is -0.387 e. The molecule has 98 valence electrons. The van der Waals surface area contributed by atoms with Crippen LogP contribution in [0.4, 0.5) is 0 Å². The molecule has 0 aliphatic rings. The van der Waals surface area contributed by atoms with Crippen LogP contribution in [0.5, 0.6) is 0 Å². The van der Waals surface area contributed by atoms with Gasteiger partial charge in [-0.05, 0) is 43.9 Å². The maximum Gasteiger partial charge on any atom is 0.125 e. The highest BCUT2D eigenvalue weighted by atomic mass is 79.9. The van der Waals surface area contributed by atoms with Gasteiger partial charge in [-0.2, -0.15) is 5.10 Å². The molecule has 0 aliphatic carbocycles. The molecule has 0 bridgehead atoms. The predicted octanol–water partition coefficient (Wildman–Crippen LogP) is 1.01. The first kappa shape index (κ1) is 14.6. The van der Waals surface area contributed by atoms with Crippen LogP contribution in [0.2, 0.25) is 0 Å². The summed E-state index contributed by atoms with van der Waals surface area (Å²) in [7, 11) is 3.95. The second-order valence-corrected chi connectivity index (χ2v) is 5.81. The number of rotatable bonds is 5. The maximum atomic E-state index is 10.1. The Morgan fingerprint density at radius 1 is 1.53 bits per heavy atom. The van der Waals surface area contributed by atoms with Crippen molar-refractivity contribution in [2.24, 2.45) is 0 Å². The molecule has 1 rings (SSSR count). The zero-order chi connectivity index (χ0) is 13.2. The maximum absolute atomic E-state index is 10.1. The first-order valence-corrected chi connectivity index (χ1v) is 6.29. The van der Waals surface area contributed by atoms with Crippen LogP contribution < -0.4 is 0 Å². The van der Waals surface area contributed by atoms with Crippen LogP contribution in [-0.2, 0) is 6.54 Å². The normalized spacial score (nSPS) is 14.4. The van der Waals surface area contributed by atoms with E-state index in [1.807, 2.05) is 19.0 Å². The molecule has 0 amide bonds. The van der Waals surface area contributed by atoms with Gasteiger partial charge in [-0.25, -0.2) is 0 Å². The summed E-state index contributed by atoms with van der Waals surface area (Å²) in [5.74, 6) is 0. The number of halogens is 1. The topological polar surface area (TPSA) is 61.5 Å². The fourth-order valence-corrected chi connectivity index (χ4v) is 1.96. The van der Waals surface area contributed by atoms with Crippen molar-refractivity contribution in [3.8, 4) is 0 Å². The second kappa shape index (κ2) is 5.48. The molecular weight excluding hydrogens is 286 g/mol. The summed E-state index contributed by atoms with van der Waals surface area (Å²) in [6, 6.07) is 0. The molecule has 0 aliphatic heterocycles. The lowest BCUT2D eigenvalue weighted by Gasteiger charge is -2.26. The summed E-state index contributed by atoms with van der Waals surface area (Å²) in [4.78, 5) is 2.04. The molecule has 0 saturated carbocycles. The van der Waals surface area contributed by atoms with Gasteiger partial charge in [0.15, 0.2) is 0 Å². The molecule has 0 radical (unpaired) electrons. The number of aromatic nitrogens is 2. The fourth-order valence-electron chi connectivity index (χ4n) is 1.45. The highest BCUT2D eigenvalue weighted by Gasteiger charge is 2.30. The van der Waals surface area contributed by atoms with E-state index in [2.05, 4.69) is 21.0 Å². The third kappa shape index (κ3) is 3.77. The van der Waals surface area contributed by atoms with Gasteiger partial charge in [0.1, 0.15) is 6.10 Å². The van der Waals surface area contributed by atoms with Crippen molar-refractivity contribution < 1.29 is 10.2 Å². The Bertz CT molecular complexity index is 371. The average Bonchev–Trinajstić information content (AvgIpc) is 2.54. The van der Waals surface area contributed by atoms with Crippen molar-refractivity contribution in [2.75, 3.05) is 20.6 Å². The number of hydrogen-bond acceptors (Lipinski definition) is 4. The Balaban J connectivity index is 2.94. The van der Waals surface area contributed by atoms with Gasteiger partial charge in [0, 0.05) is 6.54 Å². The van der Waals surface area contributed by atoms with Gasteiger partial charge in [-0.3, -0.25) is 4.68 Å². The Hall–Kier alpha value is -0.430. The minimum absolute atomic E-state index is 0.611. The van der Waals surface area contributed by atoms with E-state index in [9.17, 15) is 10.2 Å². The van der Waals surface area contributed by atoms with Crippen LogP contribution in [0.25, 0.3) is 0 Å². The standard InChI is InChI=1S/C11H20BrN3O2/c1-11(2,17)10(16)9-8(12)7-13-15(9)6-5-14(3)4/h7,10,16-17H,5-6H2,1-4H3. The van der Waals surface area contributed by atoms with Gasteiger partial charge in [0.2, 0.25) is 0 Å². The van der Waals surface area contributed by atoms with Crippen LogP contribution in [0.1, 0.15) is 25.6 Å². The smallest absolute Gasteiger partial charge is 0.125 e. The number of nitrogens with zero attached hydrogens (tertiary/aromatic N) is 3. The Labute approximate surface area is 110 Å². The lowest BCUT2D eigenvalue weighted by Crippen LogP contribution is -2.31. The molecule has 0 aromatic carbocycles. The van der Waals surface area contributed by atoms with Crippen molar-refractivity contribution in [3.05, 3.63) is 16.4 Å². The molecule has 0 spiro atoms. The predicted molar refractivity (Wildman–Crippen MR) is 69.7 cm³/mol. The van der Waals surface area contributed by atoms with Crippen LogP contribution in [0, 0.1) is 0 Å². The van der Waals surface area contributed by atoms with Crippen molar-refractivity contribution >= 4 is 15.9 Å². The molecule has 1 unspecified atom stereocenters. The molecule has 0 fully saturated rings. The highest BCUT2D eigenvalue weighted by Crippen LogP contribution is 2.30. The SMILES string of the molecule is CN(C)CCn1ncc(Br)c1C(O)C(C)(C)O. The summed E-state index contributed by atoms with van der Waals surface area (Å²) >= 11 is 3.35. The van der Waals surface area contributed by atoms with E-state index in [4.69, 9.17) is 0 Å². The number of likely N-dealkylation sites (N-methyl/N-ethyl adjacent to an activating group) is 1. The number of aliphatic hydroxyl groups excluding tert-OH is 1. The van der Waals surface area contributed by atoms with Crippen LogP contribution in [0.3, 0.4) is 0 Å². The third-order valence-electron chi connectivity index (χ3n) is 2.52. The van der Waals surface area contributed by atoms with E-state index in [-0.39, 0.29) is 0 Å². The molecular formula is C11H20BrN3O2. The van der Waals surface area contributed by atoms with Gasteiger partial charge < -0.3 is 15.1 Å². The molecule has 1 aromatic rings. The van der Waals surface area contributed by atoms with Crippen LogP contribution in [-0.4, -0.2) is 51.1 Å². The molecule has 1 atom stereocenters. The lowest BCUT2D eigenvalue weighted by atomic mass is 9.99. The zero-order valence-corrected chi connectivity index (χ0v) is 12.3. The van der Waals surface area contributed by atoms with E-state index in [0.29, 0.717) is 16.7 Å². The fraction of sp³-hybridized carbons (Fsp3) is 0.727. The third-order valence-corrected chi connectivity index (χ3v) is 3.13. The number of hydrogen-bond donors (Lipinski definition) is 2. The second-order valence-electron chi connectivity index (χ2n) is 4.96. The molecule has 5 nitrogen and oxygen atoms in total. The van der Waals surface area contributed by atoms with Gasteiger partial charge in [-0.1, -0.05) is 0 Å². The first-order chi connectivity index (χ1) is 7.73. The van der Waals surface area contributed by atoms with E-state index in [0.717, 1.165) is 6.54 Å². The van der Waals surface area contributed by atoms with E-state index >= 15 is 0 Å². The van der Waals surface area contributed by atoms with Gasteiger partial charge >= 0.3 is 0 Å². The average molecular weight is 306 g/mol. The largest absolute Gasteiger partial charge is 0.387 e. The summed E-state index contributed by atoms with van der Waals surface area (Å²) in [5, 5.41) is 24.2. The van der Waals surface area contributed by atoms with Crippen molar-refractivity contribution in [1.82, 2.24) is 14.7 Å². The van der Waals surface area contributed by atoms with Gasteiger partial charge in [0.05, 0.1) is 28.5 Å². The van der Waals surface area contributed by atoms with Crippen molar-refractivity contribution in [2.45, 2.75) is 32.1 Å². The zero-order valence-electron chi connectivity index (χ0n) is 10.7.